The van der Waals surface area contributed by atoms with E-state index in [1.807, 2.05) is 12.1 Å². The van der Waals surface area contributed by atoms with Crippen LogP contribution in [0.15, 0.2) is 42.5 Å². The normalized spacial score (nSPS) is 14.0. The molecule has 32 heavy (non-hydrogen) atoms. The van der Waals surface area contributed by atoms with Crippen molar-refractivity contribution in [2.45, 2.75) is 25.3 Å². The molecule has 0 radical (unpaired) electrons. The highest BCUT2D eigenvalue weighted by Gasteiger charge is 2.28. The maximum atomic E-state index is 11.4. The lowest BCUT2D eigenvalue weighted by atomic mass is 9.92. The Balaban J connectivity index is 1.79. The predicted molar refractivity (Wildman–Crippen MR) is 122 cm³/mol. The Kier molecular flexibility index (Phi) is 5.80. The molecule has 4 rings (SSSR count). The zero-order valence-electron chi connectivity index (χ0n) is 17.5. The Hall–Kier alpha value is -3.51. The number of amides is 1. The molecular weight excluding hydrogens is 430 g/mol. The zero-order valence-corrected chi connectivity index (χ0v) is 18.4. The van der Waals surface area contributed by atoms with Crippen molar-refractivity contribution in [2.24, 2.45) is 0 Å². The number of ether oxygens (including phenoxy) is 1. The molecule has 0 unspecified atom stereocenters. The number of benzene rings is 2. The van der Waals surface area contributed by atoms with Gasteiger partial charge in [0.25, 0.3) is 0 Å². The van der Waals surface area contributed by atoms with Crippen molar-refractivity contribution in [3.05, 3.63) is 48.0 Å². The fraction of sp³-hybridized carbons (Fsp3) is 0.304. The molecule has 1 aromatic heterocycles. The molecular formula is C23H23N3O5S. The summed E-state index contributed by atoms with van der Waals surface area (Å²) in [6.45, 7) is 0.0600. The fourth-order valence-corrected chi connectivity index (χ4v) is 4.33. The average Bonchev–Trinajstić information content (AvgIpc) is 2.99. The maximum Gasteiger partial charge on any atom is 0.409 e. The Morgan fingerprint density at radius 3 is 2.53 bits per heavy atom. The summed E-state index contributed by atoms with van der Waals surface area (Å²) in [6.07, 6.45) is 3.14. The van der Waals surface area contributed by atoms with Crippen molar-refractivity contribution >= 4 is 32.5 Å². The van der Waals surface area contributed by atoms with Crippen molar-refractivity contribution in [1.29, 1.82) is 5.26 Å². The first-order chi connectivity index (χ1) is 15.3. The number of hydrogen-bond acceptors (Lipinski definition) is 5. The smallest absolute Gasteiger partial charge is 0.409 e. The van der Waals surface area contributed by atoms with Crippen LogP contribution in [0, 0.1) is 11.3 Å². The largest absolute Gasteiger partial charge is 0.492 e. The van der Waals surface area contributed by atoms with E-state index in [0.29, 0.717) is 17.0 Å². The van der Waals surface area contributed by atoms with Crippen LogP contribution in [0.4, 0.5) is 10.5 Å². The Bertz CT molecular complexity index is 1320. The van der Waals surface area contributed by atoms with Gasteiger partial charge in [0.15, 0.2) is 9.84 Å². The number of rotatable bonds is 7. The first-order valence-corrected chi connectivity index (χ1v) is 12.3. The molecule has 3 aromatic rings. The molecule has 1 aliphatic rings. The van der Waals surface area contributed by atoms with E-state index in [9.17, 15) is 18.5 Å². The van der Waals surface area contributed by atoms with Gasteiger partial charge in [0, 0.05) is 29.4 Å². The predicted octanol–water partition coefficient (Wildman–Crippen LogP) is 4.42. The Morgan fingerprint density at radius 2 is 1.97 bits per heavy atom. The summed E-state index contributed by atoms with van der Waals surface area (Å²) in [5.74, 6) is 0.483. The van der Waals surface area contributed by atoms with E-state index in [4.69, 9.17) is 9.84 Å². The van der Waals surface area contributed by atoms with E-state index in [2.05, 4.69) is 16.0 Å². The van der Waals surface area contributed by atoms with Gasteiger partial charge in [0.05, 0.1) is 22.5 Å². The van der Waals surface area contributed by atoms with Gasteiger partial charge in [-0.2, -0.15) is 5.26 Å². The molecule has 166 valence electrons. The van der Waals surface area contributed by atoms with Gasteiger partial charge in [-0.3, -0.25) is 5.32 Å². The summed E-state index contributed by atoms with van der Waals surface area (Å²) in [7, 11) is -3.12. The minimum absolute atomic E-state index is 0.0600. The minimum Gasteiger partial charge on any atom is -0.492 e. The van der Waals surface area contributed by atoms with Crippen molar-refractivity contribution in [2.75, 3.05) is 23.9 Å². The number of nitriles is 1. The molecule has 1 fully saturated rings. The van der Waals surface area contributed by atoms with Gasteiger partial charge in [-0.1, -0.05) is 12.1 Å². The van der Waals surface area contributed by atoms with Crippen molar-refractivity contribution in [3.63, 3.8) is 0 Å². The highest BCUT2D eigenvalue weighted by molar-refractivity contribution is 7.90. The molecule has 0 spiro atoms. The molecule has 2 N–H and O–H groups in total. The molecule has 1 saturated carbocycles. The van der Waals surface area contributed by atoms with Gasteiger partial charge >= 0.3 is 6.09 Å². The van der Waals surface area contributed by atoms with Gasteiger partial charge in [-0.15, -0.1) is 0 Å². The van der Waals surface area contributed by atoms with Gasteiger partial charge in [-0.05, 0) is 49.1 Å². The second-order valence-corrected chi connectivity index (χ2v) is 10.2. The first-order valence-electron chi connectivity index (χ1n) is 10.3. The number of anilines is 1. The van der Waals surface area contributed by atoms with E-state index in [-0.39, 0.29) is 18.4 Å². The number of aromatic nitrogens is 1. The topological polar surface area (TPSA) is 121 Å². The number of fused-ring (bicyclic) bond motifs is 1. The van der Waals surface area contributed by atoms with Crippen LogP contribution in [-0.4, -0.2) is 42.8 Å². The molecule has 1 amide bonds. The standard InChI is InChI=1S/C23H23N3O5S/c1-32(29,30)12-11-31-18-9-10-19-20(14-24)22(26(21(19)13-18)17-3-2-4-17)15-5-7-16(8-6-15)25-23(27)28/h5-10,13,17,25H,2-4,11-12H2,1H3,(H,27,28). The van der Waals surface area contributed by atoms with E-state index in [1.165, 1.54) is 6.26 Å². The number of nitrogens with zero attached hydrogens (tertiary/aromatic N) is 2. The van der Waals surface area contributed by atoms with Gasteiger partial charge in [0.2, 0.25) is 0 Å². The highest BCUT2D eigenvalue weighted by atomic mass is 32.2. The fourth-order valence-electron chi connectivity index (χ4n) is 3.95. The van der Waals surface area contributed by atoms with Gasteiger partial charge in [-0.25, -0.2) is 13.2 Å². The molecule has 0 bridgehead atoms. The van der Waals surface area contributed by atoms with E-state index < -0.39 is 15.9 Å². The molecule has 0 saturated heterocycles. The summed E-state index contributed by atoms with van der Waals surface area (Å²) in [6, 6.07) is 15.0. The molecule has 0 aliphatic heterocycles. The average molecular weight is 454 g/mol. The van der Waals surface area contributed by atoms with E-state index >= 15 is 0 Å². The summed E-state index contributed by atoms with van der Waals surface area (Å²) in [4.78, 5) is 10.9. The minimum atomic E-state index is -3.12. The third-order valence-electron chi connectivity index (χ3n) is 5.66. The number of hydrogen-bond donors (Lipinski definition) is 2. The first kappa shape index (κ1) is 21.7. The van der Waals surface area contributed by atoms with Crippen LogP contribution < -0.4 is 10.1 Å². The maximum absolute atomic E-state index is 11.4. The molecule has 1 heterocycles. The lowest BCUT2D eigenvalue weighted by molar-refractivity contribution is 0.209. The van der Waals surface area contributed by atoms with Crippen LogP contribution in [-0.2, 0) is 9.84 Å². The third-order valence-corrected chi connectivity index (χ3v) is 6.57. The summed E-state index contributed by atoms with van der Waals surface area (Å²) in [5, 5.41) is 22.0. The molecule has 8 nitrogen and oxygen atoms in total. The Morgan fingerprint density at radius 1 is 1.25 bits per heavy atom. The molecule has 0 atom stereocenters. The van der Waals surface area contributed by atoms with Crippen LogP contribution >= 0.6 is 0 Å². The number of nitrogens with one attached hydrogen (secondary N) is 1. The van der Waals surface area contributed by atoms with E-state index in [1.54, 1.807) is 30.3 Å². The SMILES string of the molecule is CS(=O)(=O)CCOc1ccc2c(C#N)c(-c3ccc(NC(=O)O)cc3)n(C3CCC3)c2c1. The second-order valence-electron chi connectivity index (χ2n) is 7.95. The quantitative estimate of drug-likeness (QED) is 0.546. The number of carboxylic acid groups (broad SMARTS) is 1. The number of sulfone groups is 1. The van der Waals surface area contributed by atoms with Gasteiger partial charge < -0.3 is 14.4 Å². The third kappa shape index (κ3) is 4.41. The monoisotopic (exact) mass is 453 g/mol. The molecule has 2 aromatic carbocycles. The van der Waals surface area contributed by atoms with Crippen molar-refractivity contribution in [3.8, 4) is 23.1 Å². The van der Waals surface area contributed by atoms with Crippen LogP contribution in [0.5, 0.6) is 5.75 Å². The van der Waals surface area contributed by atoms with Gasteiger partial charge in [0.1, 0.15) is 18.4 Å². The van der Waals surface area contributed by atoms with Crippen LogP contribution in [0.1, 0.15) is 30.9 Å². The van der Waals surface area contributed by atoms with Crippen molar-refractivity contribution in [1.82, 2.24) is 4.57 Å². The summed E-state index contributed by atoms with van der Waals surface area (Å²) in [5.41, 5.74) is 3.48. The molecule has 1 aliphatic carbocycles. The highest BCUT2D eigenvalue weighted by Crippen LogP contribution is 2.43. The number of carbonyl (C=O) groups is 1. The molecule has 9 heteroatoms. The van der Waals surface area contributed by atoms with Crippen LogP contribution in [0.3, 0.4) is 0 Å². The van der Waals surface area contributed by atoms with E-state index in [0.717, 1.165) is 41.4 Å². The van der Waals surface area contributed by atoms with Crippen molar-refractivity contribution < 1.29 is 23.1 Å². The van der Waals surface area contributed by atoms with Crippen LogP contribution in [0.25, 0.3) is 22.2 Å². The lowest BCUT2D eigenvalue weighted by Gasteiger charge is -2.30. The Labute approximate surface area is 186 Å². The second kappa shape index (κ2) is 8.55. The lowest BCUT2D eigenvalue weighted by Crippen LogP contribution is -2.18. The van der Waals surface area contributed by atoms with Crippen LogP contribution in [0.2, 0.25) is 0 Å². The summed E-state index contributed by atoms with van der Waals surface area (Å²) < 4.78 is 30.6. The zero-order chi connectivity index (χ0) is 22.9. The summed E-state index contributed by atoms with van der Waals surface area (Å²) >= 11 is 0.